The molecule has 0 unspecified atom stereocenters. The number of anilines is 2. The first kappa shape index (κ1) is 22.2. The Hall–Kier alpha value is -2.64. The van der Waals surface area contributed by atoms with E-state index in [0.29, 0.717) is 17.5 Å². The lowest BCUT2D eigenvalue weighted by Crippen LogP contribution is -2.56. The summed E-state index contributed by atoms with van der Waals surface area (Å²) in [4.78, 5) is 24.3. The van der Waals surface area contributed by atoms with Crippen molar-refractivity contribution in [3.05, 3.63) is 52.8 Å². The summed E-state index contributed by atoms with van der Waals surface area (Å²) in [6, 6.07) is 9.86. The van der Waals surface area contributed by atoms with Crippen LogP contribution in [0.2, 0.25) is 5.02 Å². The molecular weight excluding hydrogens is 438 g/mol. The standard InChI is InChI=1S/C25H30ClN5O2/c1-15-12-18(10-11-33-15)31-22(32)13-25(2,30-24(31)27)19-4-3-5-21(23(19)26)29-17-8-9-20(28-14-17)16-6-7-16/h3-5,8-9,14-16,18,29H,6-7,10-13H2,1-2H3,(H2,27,30)/t15-,18-,25-/m0/s1. The highest BCUT2D eigenvalue weighted by molar-refractivity contribution is 6.34. The number of hydrogen-bond donors (Lipinski definition) is 2. The average Bonchev–Trinajstić information content (AvgIpc) is 3.60. The molecule has 0 radical (unpaired) electrons. The number of nitrogens with zero attached hydrogens (tertiary/aromatic N) is 3. The molecule has 5 rings (SSSR count). The number of nitrogens with one attached hydrogen (secondary N) is 1. The van der Waals surface area contributed by atoms with Crippen LogP contribution in [0.4, 0.5) is 11.4 Å². The first-order chi connectivity index (χ1) is 15.8. The number of guanidine groups is 1. The van der Waals surface area contributed by atoms with Crippen LogP contribution in [-0.4, -0.2) is 40.5 Å². The molecule has 3 N–H and O–H groups in total. The van der Waals surface area contributed by atoms with Crippen LogP contribution in [-0.2, 0) is 15.1 Å². The zero-order valence-corrected chi connectivity index (χ0v) is 19.8. The molecule has 1 aromatic heterocycles. The van der Waals surface area contributed by atoms with Crippen LogP contribution in [0.25, 0.3) is 0 Å². The highest BCUT2D eigenvalue weighted by Gasteiger charge is 2.42. The lowest BCUT2D eigenvalue weighted by molar-refractivity contribution is -0.133. The summed E-state index contributed by atoms with van der Waals surface area (Å²) in [5.41, 5.74) is 9.05. The second-order valence-corrected chi connectivity index (χ2v) is 9.96. The fourth-order valence-electron chi connectivity index (χ4n) is 4.91. The molecule has 7 nitrogen and oxygen atoms in total. The van der Waals surface area contributed by atoms with E-state index < -0.39 is 5.54 Å². The van der Waals surface area contributed by atoms with E-state index >= 15 is 0 Å². The molecule has 1 saturated carbocycles. The normalized spacial score (nSPS) is 27.9. The van der Waals surface area contributed by atoms with Crippen molar-refractivity contribution in [2.24, 2.45) is 10.7 Å². The molecule has 1 aromatic carbocycles. The van der Waals surface area contributed by atoms with Crippen LogP contribution in [0.3, 0.4) is 0 Å². The monoisotopic (exact) mass is 467 g/mol. The molecule has 3 heterocycles. The van der Waals surface area contributed by atoms with Crippen molar-refractivity contribution in [3.63, 3.8) is 0 Å². The summed E-state index contributed by atoms with van der Waals surface area (Å²) in [5, 5.41) is 3.89. The van der Waals surface area contributed by atoms with Gasteiger partial charge >= 0.3 is 0 Å². The van der Waals surface area contributed by atoms with Crippen molar-refractivity contribution in [3.8, 4) is 0 Å². The summed E-state index contributed by atoms with van der Waals surface area (Å²) < 4.78 is 5.63. The van der Waals surface area contributed by atoms with Gasteiger partial charge in [-0.15, -0.1) is 0 Å². The number of ether oxygens (including phenoxy) is 1. The number of nitrogens with two attached hydrogens (primary N) is 1. The Morgan fingerprint density at radius 2 is 2.06 bits per heavy atom. The van der Waals surface area contributed by atoms with Gasteiger partial charge in [-0.3, -0.25) is 14.7 Å². The van der Waals surface area contributed by atoms with Crippen molar-refractivity contribution >= 4 is 34.8 Å². The molecule has 2 aromatic rings. The van der Waals surface area contributed by atoms with Gasteiger partial charge in [0.1, 0.15) is 0 Å². The van der Waals surface area contributed by atoms with Crippen molar-refractivity contribution in [2.75, 3.05) is 11.9 Å². The van der Waals surface area contributed by atoms with Gasteiger partial charge in [-0.25, -0.2) is 4.99 Å². The second kappa shape index (κ2) is 8.61. The highest BCUT2D eigenvalue weighted by Crippen LogP contribution is 2.42. The number of hydrogen-bond acceptors (Lipinski definition) is 6. The molecule has 2 aliphatic heterocycles. The first-order valence-corrected chi connectivity index (χ1v) is 12.0. The number of rotatable bonds is 5. The fourth-order valence-corrected chi connectivity index (χ4v) is 5.29. The lowest BCUT2D eigenvalue weighted by atomic mass is 9.86. The number of halogens is 1. The van der Waals surface area contributed by atoms with Gasteiger partial charge in [-0.05, 0) is 57.7 Å². The van der Waals surface area contributed by atoms with Crippen LogP contribution in [0, 0.1) is 0 Å². The summed E-state index contributed by atoms with van der Waals surface area (Å²) in [5.74, 6) is 0.836. The van der Waals surface area contributed by atoms with Crippen molar-refractivity contribution in [1.82, 2.24) is 9.88 Å². The quantitative estimate of drug-likeness (QED) is 0.665. The Bertz CT molecular complexity index is 1080. The fraction of sp³-hybridized carbons (Fsp3) is 0.480. The summed E-state index contributed by atoms with van der Waals surface area (Å²) in [6.45, 7) is 4.56. The van der Waals surface area contributed by atoms with Crippen LogP contribution in [0.1, 0.15) is 63.1 Å². The van der Waals surface area contributed by atoms with E-state index in [1.165, 1.54) is 12.8 Å². The van der Waals surface area contributed by atoms with E-state index in [0.717, 1.165) is 35.5 Å². The third kappa shape index (κ3) is 4.44. The summed E-state index contributed by atoms with van der Waals surface area (Å²) in [7, 11) is 0. The number of carbonyl (C=O) groups excluding carboxylic acids is 1. The van der Waals surface area contributed by atoms with Gasteiger partial charge in [0.15, 0.2) is 5.96 Å². The van der Waals surface area contributed by atoms with Crippen LogP contribution in [0.5, 0.6) is 0 Å². The average molecular weight is 468 g/mol. The van der Waals surface area contributed by atoms with Gasteiger partial charge in [0.05, 0.1) is 40.7 Å². The molecule has 8 heteroatoms. The Morgan fingerprint density at radius 3 is 2.73 bits per heavy atom. The number of pyridine rings is 1. The Kier molecular flexibility index (Phi) is 5.79. The number of benzene rings is 1. The molecule has 0 spiro atoms. The van der Waals surface area contributed by atoms with E-state index in [-0.39, 0.29) is 30.4 Å². The molecule has 1 amide bonds. The summed E-state index contributed by atoms with van der Waals surface area (Å²) >= 11 is 6.84. The van der Waals surface area contributed by atoms with E-state index in [9.17, 15) is 4.79 Å². The third-order valence-corrected chi connectivity index (χ3v) is 7.24. The molecule has 0 bridgehead atoms. The minimum atomic E-state index is -0.836. The molecule has 3 atom stereocenters. The second-order valence-electron chi connectivity index (χ2n) is 9.58. The topological polar surface area (TPSA) is 92.8 Å². The van der Waals surface area contributed by atoms with Gasteiger partial charge in [-0.1, -0.05) is 23.7 Å². The summed E-state index contributed by atoms with van der Waals surface area (Å²) in [6.07, 6.45) is 6.11. The van der Waals surface area contributed by atoms with Crippen molar-refractivity contribution < 1.29 is 9.53 Å². The SMILES string of the molecule is C[C@H]1C[C@@H](N2C(=O)C[C@@](C)(c3cccc(Nc4ccc(C5CC5)nc4)c3Cl)N=C2N)CCO1. The molecule has 3 aliphatic rings. The Morgan fingerprint density at radius 1 is 1.24 bits per heavy atom. The predicted octanol–water partition coefficient (Wildman–Crippen LogP) is 4.69. The molecule has 1 aliphatic carbocycles. The third-order valence-electron chi connectivity index (χ3n) is 6.83. The zero-order chi connectivity index (χ0) is 23.2. The Balaban J connectivity index is 1.40. The molecule has 2 fully saturated rings. The molecule has 174 valence electrons. The van der Waals surface area contributed by atoms with Gasteiger partial charge in [0.2, 0.25) is 5.91 Å². The maximum atomic E-state index is 13.2. The van der Waals surface area contributed by atoms with Crippen molar-refractivity contribution in [2.45, 2.75) is 69.6 Å². The van der Waals surface area contributed by atoms with Gasteiger partial charge in [0, 0.05) is 29.8 Å². The van der Waals surface area contributed by atoms with Crippen molar-refractivity contribution in [1.29, 1.82) is 0 Å². The lowest BCUT2D eigenvalue weighted by Gasteiger charge is -2.41. The zero-order valence-electron chi connectivity index (χ0n) is 19.1. The minimum absolute atomic E-state index is 0.0177. The highest BCUT2D eigenvalue weighted by atomic mass is 35.5. The van der Waals surface area contributed by atoms with Crippen LogP contribution in [0.15, 0.2) is 41.5 Å². The van der Waals surface area contributed by atoms with Crippen LogP contribution >= 0.6 is 11.6 Å². The number of aromatic nitrogens is 1. The largest absolute Gasteiger partial charge is 0.378 e. The van der Waals surface area contributed by atoms with E-state index in [4.69, 9.17) is 27.1 Å². The maximum absolute atomic E-state index is 13.2. The smallest absolute Gasteiger partial charge is 0.232 e. The number of carbonyl (C=O) groups is 1. The molecular formula is C25H30ClN5O2. The molecule has 33 heavy (non-hydrogen) atoms. The first-order valence-electron chi connectivity index (χ1n) is 11.6. The van der Waals surface area contributed by atoms with Gasteiger partial charge in [0.25, 0.3) is 0 Å². The minimum Gasteiger partial charge on any atom is -0.378 e. The predicted molar refractivity (Wildman–Crippen MR) is 130 cm³/mol. The number of aliphatic imine (C=N–C) groups is 1. The Labute approximate surface area is 199 Å². The maximum Gasteiger partial charge on any atom is 0.232 e. The number of amides is 1. The molecule has 1 saturated heterocycles. The van der Waals surface area contributed by atoms with Gasteiger partial charge in [-0.2, -0.15) is 0 Å². The van der Waals surface area contributed by atoms with E-state index in [2.05, 4.69) is 16.4 Å². The van der Waals surface area contributed by atoms with E-state index in [1.807, 2.05) is 44.3 Å². The van der Waals surface area contributed by atoms with E-state index in [1.54, 1.807) is 4.90 Å². The van der Waals surface area contributed by atoms with Crippen LogP contribution < -0.4 is 11.1 Å². The van der Waals surface area contributed by atoms with Gasteiger partial charge < -0.3 is 15.8 Å².